The molecule has 2 aromatic carbocycles. The van der Waals surface area contributed by atoms with Gasteiger partial charge in [-0.25, -0.2) is 0 Å². The number of ether oxygens (including phenoxy) is 1. The molecule has 7 heteroatoms. The molecular formula is C14H12Br2N2O3. The van der Waals surface area contributed by atoms with E-state index in [9.17, 15) is 10.1 Å². The Morgan fingerprint density at radius 2 is 1.86 bits per heavy atom. The second kappa shape index (κ2) is 6.91. The van der Waals surface area contributed by atoms with Crippen LogP contribution >= 0.6 is 31.9 Å². The highest BCUT2D eigenvalue weighted by molar-refractivity contribution is 9.10. The van der Waals surface area contributed by atoms with E-state index >= 15 is 0 Å². The summed E-state index contributed by atoms with van der Waals surface area (Å²) >= 11 is 6.63. The van der Waals surface area contributed by atoms with Crippen molar-refractivity contribution in [2.75, 3.05) is 12.4 Å². The van der Waals surface area contributed by atoms with E-state index in [4.69, 9.17) is 4.74 Å². The van der Waals surface area contributed by atoms with Crippen LogP contribution in [0, 0.1) is 10.1 Å². The van der Waals surface area contributed by atoms with Gasteiger partial charge in [0.15, 0.2) is 0 Å². The molecule has 0 atom stereocenters. The van der Waals surface area contributed by atoms with Gasteiger partial charge in [-0.1, -0.05) is 31.9 Å². The van der Waals surface area contributed by atoms with Crippen molar-refractivity contribution >= 4 is 43.2 Å². The summed E-state index contributed by atoms with van der Waals surface area (Å²) in [6.45, 7) is 0.330. The van der Waals surface area contributed by atoms with Crippen molar-refractivity contribution in [3.8, 4) is 5.75 Å². The highest BCUT2D eigenvalue weighted by atomic mass is 79.9. The zero-order valence-electron chi connectivity index (χ0n) is 11.1. The van der Waals surface area contributed by atoms with Crippen LogP contribution in [0.25, 0.3) is 0 Å². The molecule has 0 aliphatic rings. The Balaban J connectivity index is 2.24. The number of methoxy groups -OCH3 is 1. The smallest absolute Gasteiger partial charge is 0.275 e. The van der Waals surface area contributed by atoms with Gasteiger partial charge in [0, 0.05) is 27.1 Å². The Morgan fingerprint density at radius 1 is 1.19 bits per heavy atom. The average Bonchev–Trinajstić information content (AvgIpc) is 2.46. The molecule has 0 radical (unpaired) electrons. The van der Waals surface area contributed by atoms with Crippen LogP contribution in [0.15, 0.2) is 45.3 Å². The summed E-state index contributed by atoms with van der Waals surface area (Å²) in [5.41, 5.74) is 1.44. The largest absolute Gasteiger partial charge is 0.495 e. The standard InChI is InChI=1S/C14H12Br2N2O3/c1-21-14-5-4-10(15)6-12(14)17-8-9-2-3-11(16)7-13(9)18(19)20/h2-7,17H,8H2,1H3. The van der Waals surface area contributed by atoms with E-state index in [2.05, 4.69) is 37.2 Å². The second-order valence-electron chi connectivity index (χ2n) is 4.23. The molecule has 0 aliphatic heterocycles. The van der Waals surface area contributed by atoms with Crippen LogP contribution in [0.3, 0.4) is 0 Å². The molecule has 2 aromatic rings. The topological polar surface area (TPSA) is 64.4 Å². The maximum absolute atomic E-state index is 11.1. The molecule has 1 N–H and O–H groups in total. The lowest BCUT2D eigenvalue weighted by Gasteiger charge is -2.12. The van der Waals surface area contributed by atoms with Crippen LogP contribution < -0.4 is 10.1 Å². The molecule has 0 bridgehead atoms. The number of hydrogen-bond acceptors (Lipinski definition) is 4. The van der Waals surface area contributed by atoms with E-state index in [1.165, 1.54) is 6.07 Å². The summed E-state index contributed by atoms with van der Waals surface area (Å²) in [5, 5.41) is 14.2. The number of halogens is 2. The van der Waals surface area contributed by atoms with Crippen molar-refractivity contribution in [3.63, 3.8) is 0 Å². The van der Waals surface area contributed by atoms with Crippen LogP contribution in [0.4, 0.5) is 11.4 Å². The van der Waals surface area contributed by atoms with Crippen molar-refractivity contribution in [2.45, 2.75) is 6.54 Å². The Hall–Kier alpha value is -1.60. The Labute approximate surface area is 138 Å². The Bertz CT molecular complexity index is 677. The van der Waals surface area contributed by atoms with Crippen molar-refractivity contribution in [2.24, 2.45) is 0 Å². The van der Waals surface area contributed by atoms with Gasteiger partial charge in [-0.05, 0) is 30.3 Å². The lowest BCUT2D eigenvalue weighted by Crippen LogP contribution is -2.04. The van der Waals surface area contributed by atoms with Crippen LogP contribution in [0.2, 0.25) is 0 Å². The highest BCUT2D eigenvalue weighted by Gasteiger charge is 2.14. The third kappa shape index (κ3) is 3.95. The normalized spacial score (nSPS) is 10.2. The minimum absolute atomic E-state index is 0.0749. The molecule has 110 valence electrons. The zero-order chi connectivity index (χ0) is 15.4. The first-order valence-corrected chi connectivity index (χ1v) is 7.60. The second-order valence-corrected chi connectivity index (χ2v) is 6.06. The number of benzene rings is 2. The van der Waals surface area contributed by atoms with Gasteiger partial charge < -0.3 is 10.1 Å². The first-order valence-electron chi connectivity index (χ1n) is 6.01. The number of rotatable bonds is 5. The maximum atomic E-state index is 11.1. The lowest BCUT2D eigenvalue weighted by molar-refractivity contribution is -0.385. The summed E-state index contributed by atoms with van der Waals surface area (Å²) < 4.78 is 6.84. The minimum Gasteiger partial charge on any atom is -0.495 e. The summed E-state index contributed by atoms with van der Waals surface area (Å²) in [6.07, 6.45) is 0. The van der Waals surface area contributed by atoms with Crippen molar-refractivity contribution in [3.05, 3.63) is 61.0 Å². The van der Waals surface area contributed by atoms with Gasteiger partial charge in [0.1, 0.15) is 5.75 Å². The van der Waals surface area contributed by atoms with E-state index in [0.717, 1.165) is 10.2 Å². The van der Waals surface area contributed by atoms with E-state index < -0.39 is 0 Å². The summed E-state index contributed by atoms with van der Waals surface area (Å²) in [7, 11) is 1.58. The first kappa shape index (κ1) is 15.8. The molecule has 2 rings (SSSR count). The number of hydrogen-bond donors (Lipinski definition) is 1. The van der Waals surface area contributed by atoms with Crippen LogP contribution in [0.5, 0.6) is 5.75 Å². The fourth-order valence-electron chi connectivity index (χ4n) is 1.87. The fraction of sp³-hybridized carbons (Fsp3) is 0.143. The zero-order valence-corrected chi connectivity index (χ0v) is 14.3. The van der Waals surface area contributed by atoms with Crippen LogP contribution in [0.1, 0.15) is 5.56 Å². The molecule has 0 saturated carbocycles. The molecule has 21 heavy (non-hydrogen) atoms. The van der Waals surface area contributed by atoms with Gasteiger partial charge >= 0.3 is 0 Å². The number of nitro benzene ring substituents is 1. The number of nitro groups is 1. The molecule has 0 spiro atoms. The molecular weight excluding hydrogens is 404 g/mol. The molecule has 0 heterocycles. The van der Waals surface area contributed by atoms with Crippen molar-refractivity contribution in [1.29, 1.82) is 0 Å². The third-order valence-corrected chi connectivity index (χ3v) is 3.86. The van der Waals surface area contributed by atoms with E-state index in [1.54, 1.807) is 19.2 Å². The lowest BCUT2D eigenvalue weighted by atomic mass is 10.1. The number of nitrogens with one attached hydrogen (secondary N) is 1. The molecule has 0 unspecified atom stereocenters. The highest BCUT2D eigenvalue weighted by Crippen LogP contribution is 2.30. The maximum Gasteiger partial charge on any atom is 0.275 e. The predicted molar refractivity (Wildman–Crippen MR) is 88.8 cm³/mol. The SMILES string of the molecule is COc1ccc(Br)cc1NCc1ccc(Br)cc1[N+](=O)[O-]. The number of anilines is 1. The van der Waals surface area contributed by atoms with Gasteiger partial charge in [0.25, 0.3) is 5.69 Å². The fourth-order valence-corrected chi connectivity index (χ4v) is 2.58. The third-order valence-electron chi connectivity index (χ3n) is 2.87. The molecule has 5 nitrogen and oxygen atoms in total. The van der Waals surface area contributed by atoms with Crippen molar-refractivity contribution in [1.82, 2.24) is 0 Å². The van der Waals surface area contributed by atoms with Gasteiger partial charge in [0.05, 0.1) is 17.7 Å². The van der Waals surface area contributed by atoms with E-state index in [0.29, 0.717) is 22.3 Å². The predicted octanol–water partition coefficient (Wildman–Crippen LogP) is 4.74. The quantitative estimate of drug-likeness (QED) is 0.565. The molecule has 0 aromatic heterocycles. The van der Waals surface area contributed by atoms with Gasteiger partial charge in [-0.15, -0.1) is 0 Å². The average molecular weight is 416 g/mol. The Kier molecular flexibility index (Phi) is 5.19. The first-order chi connectivity index (χ1) is 10.0. The molecule has 0 fully saturated rings. The van der Waals surface area contributed by atoms with E-state index in [-0.39, 0.29) is 10.6 Å². The van der Waals surface area contributed by atoms with Crippen molar-refractivity contribution < 1.29 is 9.66 Å². The molecule has 0 aliphatic carbocycles. The van der Waals surface area contributed by atoms with Gasteiger partial charge in [-0.2, -0.15) is 0 Å². The Morgan fingerprint density at radius 3 is 2.52 bits per heavy atom. The minimum atomic E-state index is -0.389. The molecule has 0 saturated heterocycles. The van der Waals surface area contributed by atoms with Crippen LogP contribution in [-0.4, -0.2) is 12.0 Å². The molecule has 0 amide bonds. The van der Waals surface area contributed by atoms with E-state index in [1.807, 2.05) is 18.2 Å². The van der Waals surface area contributed by atoms with Gasteiger partial charge in [-0.3, -0.25) is 10.1 Å². The summed E-state index contributed by atoms with van der Waals surface area (Å²) in [4.78, 5) is 10.7. The summed E-state index contributed by atoms with van der Waals surface area (Å²) in [5.74, 6) is 0.679. The summed E-state index contributed by atoms with van der Waals surface area (Å²) in [6, 6.07) is 10.6. The monoisotopic (exact) mass is 414 g/mol. The number of nitrogens with zero attached hydrogens (tertiary/aromatic N) is 1. The van der Waals surface area contributed by atoms with Gasteiger partial charge in [0.2, 0.25) is 0 Å². The van der Waals surface area contributed by atoms with Crippen LogP contribution in [-0.2, 0) is 6.54 Å².